The van der Waals surface area contributed by atoms with Crippen LogP contribution in [0.15, 0.2) is 11.2 Å². The molecule has 17 heteroatoms. The fourth-order valence-corrected chi connectivity index (χ4v) is 5.10. The zero-order chi connectivity index (χ0) is 25.6. The third-order valence-electron chi connectivity index (χ3n) is 5.07. The minimum absolute atomic E-state index is 0.0142. The lowest BCUT2D eigenvalue weighted by atomic mass is 9.93. The summed E-state index contributed by atoms with van der Waals surface area (Å²) in [5.74, 6) is -0.542. The van der Waals surface area contributed by atoms with Gasteiger partial charge in [-0.2, -0.15) is 18.6 Å². The van der Waals surface area contributed by atoms with E-state index in [1.54, 1.807) is 27.8 Å². The maximum absolute atomic E-state index is 12.9. The highest BCUT2D eigenvalue weighted by atomic mass is 32.3. The Labute approximate surface area is 196 Å². The van der Waals surface area contributed by atoms with Crippen LogP contribution in [0.4, 0.5) is 9.59 Å². The Hall–Kier alpha value is -2.76. The number of aryl methyl sites for hydroxylation is 1. The molecule has 0 spiro atoms. The van der Waals surface area contributed by atoms with Crippen molar-refractivity contribution in [2.45, 2.75) is 44.9 Å². The number of urea groups is 1. The number of fused-ring (bicyclic) bond motifs is 4. The number of hydrogen-bond donors (Lipinski definition) is 2. The van der Waals surface area contributed by atoms with E-state index < -0.39 is 56.0 Å². The summed E-state index contributed by atoms with van der Waals surface area (Å²) in [6.07, 6.45) is 0.138. The van der Waals surface area contributed by atoms with E-state index in [1.807, 2.05) is 4.72 Å². The first-order valence-corrected chi connectivity index (χ1v) is 13.0. The molecule has 0 aliphatic carbocycles. The molecule has 0 unspecified atom stereocenters. The summed E-state index contributed by atoms with van der Waals surface area (Å²) in [4.78, 5) is 30.2. The van der Waals surface area contributed by atoms with Crippen molar-refractivity contribution in [3.63, 3.8) is 0 Å². The van der Waals surface area contributed by atoms with Crippen LogP contribution in [0.5, 0.6) is 0 Å². The maximum atomic E-state index is 12.9. The van der Waals surface area contributed by atoms with Gasteiger partial charge in [0.15, 0.2) is 0 Å². The fourth-order valence-electron chi connectivity index (χ4n) is 3.85. The number of carbonyl (C=O) groups is 2. The Bertz CT molecular complexity index is 1230. The molecule has 3 rings (SSSR count). The molecular formula is C17H26N6O9S2. The minimum Gasteiger partial charge on any atom is -0.443 e. The second-order valence-electron chi connectivity index (χ2n) is 8.68. The lowest BCUT2D eigenvalue weighted by molar-refractivity contribution is -0.0316. The van der Waals surface area contributed by atoms with Crippen molar-refractivity contribution in [1.82, 2.24) is 24.5 Å². The highest BCUT2D eigenvalue weighted by Gasteiger charge is 2.52. The van der Waals surface area contributed by atoms with Crippen molar-refractivity contribution in [1.29, 1.82) is 0 Å². The SMILES string of the molecule is CN=C(CCS(=O)(=O)NC(=O)OC(C)(C)C)[C@@H]1c2c(cnn2C)[C@@H]2CN1C(=O)N2OS(=O)(=O)O. The first-order valence-electron chi connectivity index (χ1n) is 10.0. The second kappa shape index (κ2) is 8.79. The van der Waals surface area contributed by atoms with Gasteiger partial charge in [0, 0.05) is 31.8 Å². The number of aliphatic imine (C=N–C) groups is 1. The van der Waals surface area contributed by atoms with Crippen LogP contribution >= 0.6 is 0 Å². The molecule has 1 aromatic heterocycles. The molecule has 1 fully saturated rings. The van der Waals surface area contributed by atoms with Gasteiger partial charge >= 0.3 is 22.5 Å². The molecule has 3 amide bonds. The third-order valence-corrected chi connectivity index (χ3v) is 6.64. The second-order valence-corrected chi connectivity index (χ2v) is 11.5. The predicted molar refractivity (Wildman–Crippen MR) is 116 cm³/mol. The molecule has 190 valence electrons. The summed E-state index contributed by atoms with van der Waals surface area (Å²) in [5, 5.41) is 4.69. The van der Waals surface area contributed by atoms with Crippen molar-refractivity contribution >= 4 is 38.3 Å². The summed E-state index contributed by atoms with van der Waals surface area (Å²) in [5.41, 5.74) is 0.300. The summed E-state index contributed by atoms with van der Waals surface area (Å²) < 4.78 is 69.2. The monoisotopic (exact) mass is 522 g/mol. The molecule has 0 radical (unpaired) electrons. The molecule has 2 atom stereocenters. The number of carbonyl (C=O) groups excluding carboxylic acids is 2. The van der Waals surface area contributed by atoms with Gasteiger partial charge in [-0.1, -0.05) is 0 Å². The molecule has 2 aliphatic heterocycles. The highest BCUT2D eigenvalue weighted by Crippen LogP contribution is 2.44. The molecular weight excluding hydrogens is 496 g/mol. The van der Waals surface area contributed by atoms with Crippen molar-refractivity contribution in [2.24, 2.45) is 12.0 Å². The highest BCUT2D eigenvalue weighted by molar-refractivity contribution is 7.90. The van der Waals surface area contributed by atoms with E-state index >= 15 is 0 Å². The van der Waals surface area contributed by atoms with Crippen LogP contribution in [0.25, 0.3) is 0 Å². The summed E-state index contributed by atoms with van der Waals surface area (Å²) in [7, 11) is -6.08. The van der Waals surface area contributed by atoms with Gasteiger partial charge in [0.25, 0.3) is 0 Å². The number of nitrogens with one attached hydrogen (secondary N) is 1. The Morgan fingerprint density at radius 3 is 2.53 bits per heavy atom. The van der Waals surface area contributed by atoms with E-state index in [-0.39, 0.29) is 18.7 Å². The van der Waals surface area contributed by atoms with E-state index in [0.717, 1.165) is 0 Å². The van der Waals surface area contributed by atoms with Crippen LogP contribution in [0, 0.1) is 0 Å². The Morgan fingerprint density at radius 2 is 1.97 bits per heavy atom. The van der Waals surface area contributed by atoms with Crippen molar-refractivity contribution in [3.05, 3.63) is 17.5 Å². The van der Waals surface area contributed by atoms with Gasteiger partial charge in [-0.05, 0) is 20.8 Å². The average Bonchev–Trinajstić information content (AvgIpc) is 3.15. The van der Waals surface area contributed by atoms with E-state index in [1.165, 1.54) is 22.8 Å². The maximum Gasteiger partial charge on any atom is 0.421 e. The Kier molecular flexibility index (Phi) is 6.68. The van der Waals surface area contributed by atoms with Gasteiger partial charge < -0.3 is 9.64 Å². The molecule has 34 heavy (non-hydrogen) atoms. The number of amides is 3. The van der Waals surface area contributed by atoms with Gasteiger partial charge in [0.05, 0.1) is 24.2 Å². The Balaban J connectivity index is 1.85. The average molecular weight is 523 g/mol. The number of rotatable bonds is 7. The van der Waals surface area contributed by atoms with Crippen LogP contribution in [-0.4, -0.2) is 83.9 Å². The van der Waals surface area contributed by atoms with Crippen LogP contribution in [0.3, 0.4) is 0 Å². The van der Waals surface area contributed by atoms with Gasteiger partial charge in [-0.3, -0.25) is 14.2 Å². The minimum atomic E-state index is -4.98. The number of nitrogens with zero attached hydrogens (tertiary/aromatic N) is 5. The van der Waals surface area contributed by atoms with Crippen LogP contribution in [-0.2, 0) is 36.5 Å². The Morgan fingerprint density at radius 1 is 1.32 bits per heavy atom. The molecule has 1 aromatic rings. The van der Waals surface area contributed by atoms with Crippen molar-refractivity contribution < 1.29 is 40.0 Å². The molecule has 0 aromatic carbocycles. The number of sulfonamides is 1. The molecule has 3 heterocycles. The zero-order valence-electron chi connectivity index (χ0n) is 19.1. The lowest BCUT2D eigenvalue weighted by Crippen LogP contribution is -2.41. The number of hydroxylamine groups is 2. The summed E-state index contributed by atoms with van der Waals surface area (Å²) in [6.45, 7) is 4.75. The standard InChI is InChI=1S/C17H26N6O9S2/c1-17(2,3)31-15(24)20-33(26,27)7-6-11(18-4)14-13-10(8-19-21(13)5)12-9-22(14)16(25)23(12)32-34(28,29)30/h8,12,14H,6-7,9H2,1-5H3,(H,20,24)(H,28,29,30)/t12-,14+/m0/s1. The molecule has 2 N–H and O–H groups in total. The van der Waals surface area contributed by atoms with Gasteiger partial charge in [-0.15, -0.1) is 4.28 Å². The normalized spacial score (nSPS) is 21.0. The number of hydrogen-bond acceptors (Lipinski definition) is 10. The molecule has 2 aliphatic rings. The first kappa shape index (κ1) is 25.9. The zero-order valence-corrected chi connectivity index (χ0v) is 20.8. The van der Waals surface area contributed by atoms with E-state index in [4.69, 9.17) is 9.29 Å². The molecule has 15 nitrogen and oxygen atoms in total. The van der Waals surface area contributed by atoms with E-state index in [2.05, 4.69) is 14.4 Å². The fraction of sp³-hybridized carbons (Fsp3) is 0.647. The topological polar surface area (TPSA) is 190 Å². The van der Waals surface area contributed by atoms with Gasteiger partial charge in [0.2, 0.25) is 10.0 Å². The predicted octanol–water partition coefficient (Wildman–Crippen LogP) is 0.303. The molecule has 1 saturated heterocycles. The lowest BCUT2D eigenvalue weighted by Gasteiger charge is -2.32. The smallest absolute Gasteiger partial charge is 0.421 e. The molecule has 0 saturated carbocycles. The van der Waals surface area contributed by atoms with Crippen LogP contribution < -0.4 is 4.72 Å². The van der Waals surface area contributed by atoms with Crippen molar-refractivity contribution in [3.8, 4) is 0 Å². The summed E-state index contributed by atoms with van der Waals surface area (Å²) in [6, 6.07) is -2.62. The van der Waals surface area contributed by atoms with Crippen molar-refractivity contribution in [2.75, 3.05) is 19.3 Å². The van der Waals surface area contributed by atoms with Crippen LogP contribution in [0.2, 0.25) is 0 Å². The van der Waals surface area contributed by atoms with Crippen LogP contribution in [0.1, 0.15) is 50.5 Å². The third kappa shape index (κ3) is 5.48. The first-order chi connectivity index (χ1) is 15.5. The van der Waals surface area contributed by atoms with E-state index in [9.17, 15) is 26.4 Å². The molecule has 2 bridgehead atoms. The van der Waals surface area contributed by atoms with Gasteiger partial charge in [-0.25, -0.2) is 22.7 Å². The number of ether oxygens (including phenoxy) is 1. The quantitative estimate of drug-likeness (QED) is 0.372. The summed E-state index contributed by atoms with van der Waals surface area (Å²) >= 11 is 0. The largest absolute Gasteiger partial charge is 0.443 e. The number of aromatic nitrogens is 2. The van der Waals surface area contributed by atoms with Gasteiger partial charge in [0.1, 0.15) is 17.7 Å². The van der Waals surface area contributed by atoms with E-state index in [0.29, 0.717) is 16.3 Å².